The van der Waals surface area contributed by atoms with Gasteiger partial charge < -0.3 is 15.3 Å². The molecule has 0 saturated carbocycles. The van der Waals surface area contributed by atoms with Crippen LogP contribution in [0.5, 0.6) is 0 Å². The van der Waals surface area contributed by atoms with Crippen LogP contribution in [0.15, 0.2) is 29.2 Å². The van der Waals surface area contributed by atoms with E-state index in [0.29, 0.717) is 19.5 Å². The van der Waals surface area contributed by atoms with Crippen molar-refractivity contribution in [3.05, 3.63) is 24.3 Å². The molecule has 5 heteroatoms. The summed E-state index contributed by atoms with van der Waals surface area (Å²) in [5, 5.41) is 12.2. The number of thioether (sulfide) groups is 1. The summed E-state index contributed by atoms with van der Waals surface area (Å²) in [5.41, 5.74) is 0.786. The first-order valence-corrected chi connectivity index (χ1v) is 6.79. The number of nitrogens with one attached hydrogen (secondary N) is 1. The molecule has 2 amide bonds. The second-order valence-electron chi connectivity index (χ2n) is 4.05. The third kappa shape index (κ3) is 3.14. The molecule has 0 spiro atoms. The van der Waals surface area contributed by atoms with Crippen LogP contribution < -0.4 is 5.32 Å². The molecule has 1 aliphatic heterocycles. The number of hydrogen-bond donors (Lipinski definition) is 2. The normalized spacial score (nSPS) is 19.4. The van der Waals surface area contributed by atoms with Gasteiger partial charge in [0, 0.05) is 23.7 Å². The molecule has 1 fully saturated rings. The second kappa shape index (κ2) is 5.42. The predicted octanol–water partition coefficient (Wildman–Crippen LogP) is 2.01. The first-order valence-electron chi connectivity index (χ1n) is 5.57. The number of urea groups is 1. The van der Waals surface area contributed by atoms with E-state index in [1.165, 1.54) is 4.90 Å². The molecule has 1 aromatic carbocycles. The Balaban J connectivity index is 1.93. The number of nitrogens with zero attached hydrogens (tertiary/aromatic N) is 1. The van der Waals surface area contributed by atoms with Crippen LogP contribution in [0.1, 0.15) is 6.42 Å². The molecule has 1 atom stereocenters. The number of amides is 2. The fourth-order valence-electron chi connectivity index (χ4n) is 1.80. The molecule has 92 valence electrons. The van der Waals surface area contributed by atoms with E-state index in [2.05, 4.69) is 5.32 Å². The van der Waals surface area contributed by atoms with Crippen molar-refractivity contribution in [1.82, 2.24) is 4.90 Å². The van der Waals surface area contributed by atoms with Crippen LogP contribution in [-0.4, -0.2) is 41.5 Å². The summed E-state index contributed by atoms with van der Waals surface area (Å²) in [6, 6.07) is 7.57. The number of β-amino-alcohol motifs (C(OH)–C–C–N with tert-alkyl or cyclic N) is 1. The van der Waals surface area contributed by atoms with Crippen LogP contribution >= 0.6 is 11.8 Å². The lowest BCUT2D eigenvalue weighted by Gasteiger charge is -2.16. The number of rotatable bonds is 2. The van der Waals surface area contributed by atoms with Crippen molar-refractivity contribution in [3.8, 4) is 0 Å². The molecular weight excluding hydrogens is 236 g/mol. The molecule has 1 heterocycles. The van der Waals surface area contributed by atoms with Gasteiger partial charge in [-0.25, -0.2) is 4.79 Å². The predicted molar refractivity (Wildman–Crippen MR) is 69.4 cm³/mol. The van der Waals surface area contributed by atoms with Crippen molar-refractivity contribution in [3.63, 3.8) is 0 Å². The van der Waals surface area contributed by atoms with Crippen molar-refractivity contribution in [2.75, 3.05) is 24.7 Å². The fraction of sp³-hybridized carbons (Fsp3) is 0.417. The van der Waals surface area contributed by atoms with Crippen molar-refractivity contribution in [2.24, 2.45) is 0 Å². The van der Waals surface area contributed by atoms with E-state index in [9.17, 15) is 9.90 Å². The Kier molecular flexibility index (Phi) is 3.91. The van der Waals surface area contributed by atoms with Crippen LogP contribution in [0.25, 0.3) is 0 Å². The van der Waals surface area contributed by atoms with Gasteiger partial charge in [0.2, 0.25) is 0 Å². The van der Waals surface area contributed by atoms with Gasteiger partial charge in [-0.3, -0.25) is 0 Å². The van der Waals surface area contributed by atoms with Gasteiger partial charge >= 0.3 is 6.03 Å². The Bertz CT molecular complexity index is 394. The quantitative estimate of drug-likeness (QED) is 0.792. The number of aliphatic hydroxyl groups is 1. The van der Waals surface area contributed by atoms with E-state index in [0.717, 1.165) is 5.69 Å². The van der Waals surface area contributed by atoms with E-state index in [-0.39, 0.29) is 12.1 Å². The van der Waals surface area contributed by atoms with Gasteiger partial charge in [0.15, 0.2) is 0 Å². The zero-order chi connectivity index (χ0) is 12.3. The number of benzene rings is 1. The molecule has 0 unspecified atom stereocenters. The van der Waals surface area contributed by atoms with Crippen LogP contribution in [0.4, 0.5) is 10.5 Å². The van der Waals surface area contributed by atoms with Crippen molar-refractivity contribution in [2.45, 2.75) is 17.4 Å². The van der Waals surface area contributed by atoms with Gasteiger partial charge in [0.1, 0.15) is 0 Å². The summed E-state index contributed by atoms with van der Waals surface area (Å²) in [4.78, 5) is 14.6. The average Bonchev–Trinajstić information content (AvgIpc) is 2.77. The van der Waals surface area contributed by atoms with Crippen LogP contribution in [0.3, 0.4) is 0 Å². The largest absolute Gasteiger partial charge is 0.391 e. The number of carbonyl (C=O) groups is 1. The zero-order valence-corrected chi connectivity index (χ0v) is 10.5. The van der Waals surface area contributed by atoms with Gasteiger partial charge in [0.25, 0.3) is 0 Å². The molecule has 2 rings (SSSR count). The molecule has 0 aliphatic carbocycles. The molecule has 4 nitrogen and oxygen atoms in total. The third-order valence-corrected chi connectivity index (χ3v) is 3.54. The van der Waals surface area contributed by atoms with Crippen molar-refractivity contribution in [1.29, 1.82) is 0 Å². The third-order valence-electron chi connectivity index (χ3n) is 2.79. The summed E-state index contributed by atoms with van der Waals surface area (Å²) >= 11 is 1.67. The fourth-order valence-corrected chi connectivity index (χ4v) is 2.21. The van der Waals surface area contributed by atoms with Crippen molar-refractivity contribution >= 4 is 23.5 Å². The number of aliphatic hydroxyl groups excluding tert-OH is 1. The highest BCUT2D eigenvalue weighted by Crippen LogP contribution is 2.18. The highest BCUT2D eigenvalue weighted by molar-refractivity contribution is 7.98. The summed E-state index contributed by atoms with van der Waals surface area (Å²) in [5.74, 6) is 0. The van der Waals surface area contributed by atoms with Gasteiger partial charge in [-0.15, -0.1) is 11.8 Å². The van der Waals surface area contributed by atoms with E-state index >= 15 is 0 Å². The van der Waals surface area contributed by atoms with Gasteiger partial charge in [-0.2, -0.15) is 0 Å². The zero-order valence-electron chi connectivity index (χ0n) is 9.72. The lowest BCUT2D eigenvalue weighted by Crippen LogP contribution is -2.33. The SMILES string of the molecule is CSc1ccc(NC(=O)N2CC[C@@H](O)C2)cc1. The molecule has 1 aromatic rings. The first-order chi connectivity index (χ1) is 8.19. The maximum Gasteiger partial charge on any atom is 0.321 e. The minimum Gasteiger partial charge on any atom is -0.391 e. The summed E-state index contributed by atoms with van der Waals surface area (Å²) in [7, 11) is 0. The average molecular weight is 252 g/mol. The maximum absolute atomic E-state index is 11.8. The first kappa shape index (κ1) is 12.3. The molecule has 0 aromatic heterocycles. The molecule has 0 bridgehead atoms. The minimum atomic E-state index is -0.375. The Morgan fingerprint density at radius 2 is 2.18 bits per heavy atom. The lowest BCUT2D eigenvalue weighted by molar-refractivity contribution is 0.176. The van der Waals surface area contributed by atoms with Crippen molar-refractivity contribution < 1.29 is 9.90 Å². The Morgan fingerprint density at radius 1 is 1.47 bits per heavy atom. The molecule has 2 N–H and O–H groups in total. The van der Waals surface area contributed by atoms with E-state index in [4.69, 9.17) is 0 Å². The smallest absolute Gasteiger partial charge is 0.321 e. The Morgan fingerprint density at radius 3 is 2.71 bits per heavy atom. The van der Waals surface area contributed by atoms with E-state index < -0.39 is 0 Å². The van der Waals surface area contributed by atoms with Crippen LogP contribution in [-0.2, 0) is 0 Å². The molecule has 1 aliphatic rings. The molecule has 1 saturated heterocycles. The lowest BCUT2D eigenvalue weighted by atomic mass is 10.3. The number of likely N-dealkylation sites (tertiary alicyclic amines) is 1. The Labute approximate surface area is 105 Å². The minimum absolute atomic E-state index is 0.140. The number of hydrogen-bond acceptors (Lipinski definition) is 3. The molecule has 0 radical (unpaired) electrons. The van der Waals surface area contributed by atoms with E-state index in [1.54, 1.807) is 16.7 Å². The second-order valence-corrected chi connectivity index (χ2v) is 4.93. The standard InChI is InChI=1S/C12H16N2O2S/c1-17-11-4-2-9(3-5-11)13-12(16)14-7-6-10(15)8-14/h2-5,10,15H,6-8H2,1H3,(H,13,16)/t10-/m1/s1. The van der Waals surface area contributed by atoms with Crippen LogP contribution in [0.2, 0.25) is 0 Å². The molecule has 17 heavy (non-hydrogen) atoms. The van der Waals surface area contributed by atoms with Crippen LogP contribution in [0, 0.1) is 0 Å². The summed E-state index contributed by atoms with van der Waals surface area (Å²) in [6.45, 7) is 1.05. The van der Waals surface area contributed by atoms with Gasteiger partial charge in [0.05, 0.1) is 6.10 Å². The molecular formula is C12H16N2O2S. The van der Waals surface area contributed by atoms with E-state index in [1.807, 2.05) is 30.5 Å². The highest BCUT2D eigenvalue weighted by atomic mass is 32.2. The maximum atomic E-state index is 11.8. The number of anilines is 1. The number of carbonyl (C=O) groups excluding carboxylic acids is 1. The van der Waals surface area contributed by atoms with Gasteiger partial charge in [-0.05, 0) is 36.9 Å². The van der Waals surface area contributed by atoms with Gasteiger partial charge in [-0.1, -0.05) is 0 Å². The topological polar surface area (TPSA) is 52.6 Å². The summed E-state index contributed by atoms with van der Waals surface area (Å²) in [6.07, 6.45) is 2.30. The Hall–Kier alpha value is -1.20. The monoisotopic (exact) mass is 252 g/mol. The summed E-state index contributed by atoms with van der Waals surface area (Å²) < 4.78 is 0. The highest BCUT2D eigenvalue weighted by Gasteiger charge is 2.24.